The monoisotopic (exact) mass is 224 g/mol. The summed E-state index contributed by atoms with van der Waals surface area (Å²) in [5, 5.41) is 0. The highest BCUT2D eigenvalue weighted by atomic mass is 32.2. The average molecular weight is 224 g/mol. The minimum Gasteiger partial charge on any atom is -0.360 e. The Balaban J connectivity index is 2.71. The molecular formula is C12H16O2S. The number of hydrogen-bond acceptors (Lipinski definition) is 3. The highest BCUT2D eigenvalue weighted by Crippen LogP contribution is 2.17. The van der Waals surface area contributed by atoms with Crippen LogP contribution in [0.4, 0.5) is 0 Å². The first-order chi connectivity index (χ1) is 7.29. The molecule has 0 spiro atoms. The van der Waals surface area contributed by atoms with Gasteiger partial charge in [0, 0.05) is 12.2 Å². The summed E-state index contributed by atoms with van der Waals surface area (Å²) in [6.45, 7) is 4.49. The summed E-state index contributed by atoms with van der Waals surface area (Å²) < 4.78 is 5.41. The van der Waals surface area contributed by atoms with Gasteiger partial charge in [0.15, 0.2) is 5.44 Å². The predicted octanol–water partition coefficient (Wildman–Crippen LogP) is 2.99. The molecule has 1 unspecified atom stereocenters. The van der Waals surface area contributed by atoms with Gasteiger partial charge in [-0.15, -0.1) is 11.8 Å². The number of Topliss-reactive ketones (excluding diaryl/α,β-unsaturated/α-hetero) is 1. The predicted molar refractivity (Wildman–Crippen MR) is 64.3 cm³/mol. The topological polar surface area (TPSA) is 26.3 Å². The van der Waals surface area contributed by atoms with Crippen LogP contribution in [-0.2, 0) is 4.74 Å². The third-order valence-electron chi connectivity index (χ3n) is 1.91. The first kappa shape index (κ1) is 12.3. The molecule has 1 aromatic rings. The van der Waals surface area contributed by atoms with Crippen molar-refractivity contribution in [3.8, 4) is 0 Å². The van der Waals surface area contributed by atoms with Gasteiger partial charge in [-0.05, 0) is 12.7 Å². The summed E-state index contributed by atoms with van der Waals surface area (Å²) in [4.78, 5) is 12.0. The van der Waals surface area contributed by atoms with Gasteiger partial charge in [-0.25, -0.2) is 0 Å². The second-order valence-electron chi connectivity index (χ2n) is 2.97. The molecule has 2 nitrogen and oxygen atoms in total. The lowest BCUT2D eigenvalue weighted by Crippen LogP contribution is -2.21. The standard InChI is InChI=1S/C12H16O2S/c1-3-14-12(15-4-2)11(13)10-8-6-5-7-9-10/h5-9,12H,3-4H2,1-2H3. The van der Waals surface area contributed by atoms with Crippen molar-refractivity contribution in [3.05, 3.63) is 35.9 Å². The summed E-state index contributed by atoms with van der Waals surface area (Å²) in [6.07, 6.45) is 0. The van der Waals surface area contributed by atoms with Crippen LogP contribution < -0.4 is 0 Å². The zero-order chi connectivity index (χ0) is 11.1. The van der Waals surface area contributed by atoms with Crippen molar-refractivity contribution in [1.82, 2.24) is 0 Å². The smallest absolute Gasteiger partial charge is 0.201 e. The molecule has 0 saturated heterocycles. The van der Waals surface area contributed by atoms with Crippen molar-refractivity contribution >= 4 is 17.5 Å². The number of benzene rings is 1. The Labute approximate surface area is 95.0 Å². The number of hydrogen-bond donors (Lipinski definition) is 0. The van der Waals surface area contributed by atoms with Crippen molar-refractivity contribution in [1.29, 1.82) is 0 Å². The number of ether oxygens (including phenoxy) is 1. The van der Waals surface area contributed by atoms with Crippen LogP contribution in [0.15, 0.2) is 30.3 Å². The van der Waals surface area contributed by atoms with Gasteiger partial charge in [0.05, 0.1) is 0 Å². The number of ketones is 1. The lowest BCUT2D eigenvalue weighted by Gasteiger charge is -2.14. The van der Waals surface area contributed by atoms with Crippen LogP contribution in [0.3, 0.4) is 0 Å². The quantitative estimate of drug-likeness (QED) is 0.549. The van der Waals surface area contributed by atoms with E-state index in [0.717, 1.165) is 11.3 Å². The Morgan fingerprint density at radius 1 is 1.33 bits per heavy atom. The third kappa shape index (κ3) is 3.68. The first-order valence-electron chi connectivity index (χ1n) is 5.12. The van der Waals surface area contributed by atoms with E-state index in [9.17, 15) is 4.79 Å². The summed E-state index contributed by atoms with van der Waals surface area (Å²) in [7, 11) is 0. The molecule has 15 heavy (non-hydrogen) atoms. The van der Waals surface area contributed by atoms with E-state index in [1.807, 2.05) is 44.2 Å². The van der Waals surface area contributed by atoms with Crippen molar-refractivity contribution in [2.75, 3.05) is 12.4 Å². The van der Waals surface area contributed by atoms with Crippen molar-refractivity contribution in [3.63, 3.8) is 0 Å². The number of carbonyl (C=O) groups is 1. The molecule has 0 aliphatic heterocycles. The van der Waals surface area contributed by atoms with Crippen LogP contribution >= 0.6 is 11.8 Å². The maximum atomic E-state index is 12.0. The van der Waals surface area contributed by atoms with Crippen LogP contribution in [0, 0.1) is 0 Å². The van der Waals surface area contributed by atoms with E-state index in [-0.39, 0.29) is 11.2 Å². The molecule has 0 bridgehead atoms. The Hall–Kier alpha value is -0.800. The molecule has 0 fully saturated rings. The Bertz CT molecular complexity index is 292. The highest BCUT2D eigenvalue weighted by Gasteiger charge is 2.19. The van der Waals surface area contributed by atoms with E-state index < -0.39 is 0 Å². The summed E-state index contributed by atoms with van der Waals surface area (Å²) in [6, 6.07) is 9.29. The maximum Gasteiger partial charge on any atom is 0.201 e. The summed E-state index contributed by atoms with van der Waals surface area (Å²) >= 11 is 1.53. The second kappa shape index (κ2) is 6.64. The SMILES string of the molecule is CCOC(SCC)C(=O)c1ccccc1. The highest BCUT2D eigenvalue weighted by molar-refractivity contribution is 8.00. The Kier molecular flexibility index (Phi) is 5.43. The number of thioether (sulfide) groups is 1. The van der Waals surface area contributed by atoms with Crippen molar-refractivity contribution < 1.29 is 9.53 Å². The van der Waals surface area contributed by atoms with Crippen LogP contribution in [0.5, 0.6) is 0 Å². The molecule has 0 aromatic heterocycles. The zero-order valence-corrected chi connectivity index (χ0v) is 9.92. The fraction of sp³-hybridized carbons (Fsp3) is 0.417. The van der Waals surface area contributed by atoms with E-state index in [1.54, 1.807) is 0 Å². The lowest BCUT2D eigenvalue weighted by molar-refractivity contribution is 0.0709. The van der Waals surface area contributed by atoms with E-state index in [1.165, 1.54) is 11.8 Å². The Morgan fingerprint density at radius 3 is 2.53 bits per heavy atom. The molecule has 0 N–H and O–H groups in total. The molecule has 3 heteroatoms. The van der Waals surface area contributed by atoms with Gasteiger partial charge in [-0.3, -0.25) is 4.79 Å². The first-order valence-corrected chi connectivity index (χ1v) is 6.17. The normalized spacial score (nSPS) is 12.4. The number of rotatable bonds is 6. The maximum absolute atomic E-state index is 12.0. The molecule has 0 aliphatic rings. The second-order valence-corrected chi connectivity index (χ2v) is 4.31. The van der Waals surface area contributed by atoms with Crippen molar-refractivity contribution in [2.45, 2.75) is 19.3 Å². The van der Waals surface area contributed by atoms with Gasteiger partial charge >= 0.3 is 0 Å². The van der Waals surface area contributed by atoms with E-state index >= 15 is 0 Å². The fourth-order valence-electron chi connectivity index (χ4n) is 1.24. The van der Waals surface area contributed by atoms with Crippen LogP contribution in [0.1, 0.15) is 24.2 Å². The van der Waals surface area contributed by atoms with Crippen LogP contribution in [-0.4, -0.2) is 23.6 Å². The molecule has 0 amide bonds. The molecular weight excluding hydrogens is 208 g/mol. The van der Waals surface area contributed by atoms with Crippen LogP contribution in [0.2, 0.25) is 0 Å². The summed E-state index contributed by atoms with van der Waals surface area (Å²) in [5.74, 6) is 0.938. The van der Waals surface area contributed by atoms with Gasteiger partial charge in [0.25, 0.3) is 0 Å². The van der Waals surface area contributed by atoms with E-state index in [4.69, 9.17) is 4.74 Å². The molecule has 0 radical (unpaired) electrons. The van der Waals surface area contributed by atoms with Gasteiger partial charge in [-0.1, -0.05) is 37.3 Å². The molecule has 1 rings (SSSR count). The summed E-state index contributed by atoms with van der Waals surface area (Å²) in [5.41, 5.74) is 0.360. The van der Waals surface area contributed by atoms with Gasteiger partial charge in [0.2, 0.25) is 5.78 Å². The average Bonchev–Trinajstić information content (AvgIpc) is 2.29. The lowest BCUT2D eigenvalue weighted by atomic mass is 10.1. The van der Waals surface area contributed by atoms with Gasteiger partial charge < -0.3 is 4.74 Å². The number of carbonyl (C=O) groups excluding carboxylic acids is 1. The third-order valence-corrected chi connectivity index (χ3v) is 2.89. The Morgan fingerprint density at radius 2 is 2.00 bits per heavy atom. The van der Waals surface area contributed by atoms with E-state index in [0.29, 0.717) is 6.61 Å². The molecule has 1 atom stereocenters. The molecule has 0 heterocycles. The molecule has 1 aromatic carbocycles. The van der Waals surface area contributed by atoms with Crippen LogP contribution in [0.25, 0.3) is 0 Å². The molecule has 0 aliphatic carbocycles. The largest absolute Gasteiger partial charge is 0.360 e. The van der Waals surface area contributed by atoms with Gasteiger partial charge in [0.1, 0.15) is 0 Å². The minimum atomic E-state index is -0.359. The molecule has 82 valence electrons. The van der Waals surface area contributed by atoms with Gasteiger partial charge in [-0.2, -0.15) is 0 Å². The molecule has 0 saturated carbocycles. The fourth-order valence-corrected chi connectivity index (χ4v) is 2.06. The minimum absolute atomic E-state index is 0.0595. The zero-order valence-electron chi connectivity index (χ0n) is 9.10. The van der Waals surface area contributed by atoms with E-state index in [2.05, 4.69) is 0 Å². The van der Waals surface area contributed by atoms with Crippen molar-refractivity contribution in [2.24, 2.45) is 0 Å².